The second kappa shape index (κ2) is 9.25. The zero-order chi connectivity index (χ0) is 14.1. The molecule has 0 saturated heterocycles. The number of carbonyl (C=O) groups is 1. The van der Waals surface area contributed by atoms with Crippen molar-refractivity contribution in [1.29, 1.82) is 0 Å². The maximum absolute atomic E-state index is 11.8. The Kier molecular flexibility index (Phi) is 7.97. The van der Waals surface area contributed by atoms with Gasteiger partial charge in [-0.1, -0.05) is 11.6 Å². The van der Waals surface area contributed by atoms with Crippen molar-refractivity contribution in [3.05, 3.63) is 27.5 Å². The summed E-state index contributed by atoms with van der Waals surface area (Å²) in [6, 6.07) is 1.64. The first-order chi connectivity index (χ1) is 9.15. The van der Waals surface area contributed by atoms with E-state index in [1.807, 2.05) is 0 Å². The van der Waals surface area contributed by atoms with Gasteiger partial charge in [0.15, 0.2) is 0 Å². The van der Waals surface area contributed by atoms with Crippen LogP contribution in [-0.4, -0.2) is 44.4 Å². The van der Waals surface area contributed by atoms with Crippen LogP contribution in [0.3, 0.4) is 0 Å². The molecule has 0 fully saturated rings. The fourth-order valence-corrected chi connectivity index (χ4v) is 1.82. The zero-order valence-corrected chi connectivity index (χ0v) is 13.0. The van der Waals surface area contributed by atoms with E-state index >= 15 is 0 Å². The quantitative estimate of drug-likeness (QED) is 0.576. The van der Waals surface area contributed by atoms with Gasteiger partial charge in [-0.25, -0.2) is 4.98 Å². The lowest BCUT2D eigenvalue weighted by Crippen LogP contribution is -2.26. The molecule has 0 aliphatic heterocycles. The number of nitrogens with zero attached hydrogens (tertiary/aromatic N) is 1. The number of hydrogen-bond acceptors (Lipinski definition) is 4. The highest BCUT2D eigenvalue weighted by atomic mass is 79.9. The lowest BCUT2D eigenvalue weighted by Gasteiger charge is -2.07. The molecule has 0 spiro atoms. The van der Waals surface area contributed by atoms with E-state index < -0.39 is 0 Å². The molecule has 19 heavy (non-hydrogen) atoms. The van der Waals surface area contributed by atoms with E-state index in [4.69, 9.17) is 21.1 Å². The Morgan fingerprint density at radius 3 is 3.00 bits per heavy atom. The SMILES string of the molecule is COCCOCCCNC(=O)c1cc(Br)cnc1Cl. The molecule has 0 radical (unpaired) electrons. The maximum Gasteiger partial charge on any atom is 0.254 e. The lowest BCUT2D eigenvalue weighted by atomic mass is 10.2. The van der Waals surface area contributed by atoms with Gasteiger partial charge in [0.05, 0.1) is 18.8 Å². The van der Waals surface area contributed by atoms with Gasteiger partial charge < -0.3 is 14.8 Å². The van der Waals surface area contributed by atoms with E-state index in [2.05, 4.69) is 26.2 Å². The Hall–Kier alpha value is -0.690. The molecule has 5 nitrogen and oxygen atoms in total. The number of nitrogens with one attached hydrogen (secondary N) is 1. The number of aromatic nitrogens is 1. The molecule has 0 unspecified atom stereocenters. The summed E-state index contributed by atoms with van der Waals surface area (Å²) in [4.78, 5) is 15.7. The summed E-state index contributed by atoms with van der Waals surface area (Å²) in [5.74, 6) is -0.240. The fourth-order valence-electron chi connectivity index (χ4n) is 1.30. The summed E-state index contributed by atoms with van der Waals surface area (Å²) in [6.07, 6.45) is 2.28. The summed E-state index contributed by atoms with van der Waals surface area (Å²) in [6.45, 7) is 2.24. The van der Waals surface area contributed by atoms with Crippen molar-refractivity contribution in [3.63, 3.8) is 0 Å². The number of amides is 1. The Bertz CT molecular complexity index is 418. The van der Waals surface area contributed by atoms with Crippen LogP contribution in [0.5, 0.6) is 0 Å². The summed E-state index contributed by atoms with van der Waals surface area (Å²) in [7, 11) is 1.62. The van der Waals surface area contributed by atoms with Gasteiger partial charge in [-0.05, 0) is 28.4 Å². The normalized spacial score (nSPS) is 10.5. The van der Waals surface area contributed by atoms with Crippen LogP contribution >= 0.6 is 27.5 Å². The molecule has 1 aromatic rings. The first-order valence-electron chi connectivity index (χ1n) is 5.81. The predicted octanol–water partition coefficient (Wildman–Crippen LogP) is 2.28. The van der Waals surface area contributed by atoms with Crippen LogP contribution in [0.2, 0.25) is 5.15 Å². The molecule has 0 aliphatic rings. The zero-order valence-electron chi connectivity index (χ0n) is 10.6. The third-order valence-electron chi connectivity index (χ3n) is 2.23. The van der Waals surface area contributed by atoms with Gasteiger partial charge in [0.2, 0.25) is 0 Å². The molecular formula is C12H16BrClN2O3. The van der Waals surface area contributed by atoms with E-state index in [1.165, 1.54) is 0 Å². The molecular weight excluding hydrogens is 336 g/mol. The molecule has 1 rings (SSSR count). The molecule has 0 bridgehead atoms. The number of ether oxygens (including phenoxy) is 2. The first kappa shape index (κ1) is 16.4. The molecule has 0 aliphatic carbocycles. The third kappa shape index (κ3) is 6.33. The number of pyridine rings is 1. The molecule has 1 N–H and O–H groups in total. The second-order valence-electron chi connectivity index (χ2n) is 3.71. The highest BCUT2D eigenvalue weighted by molar-refractivity contribution is 9.10. The van der Waals surface area contributed by atoms with Crippen LogP contribution in [0.4, 0.5) is 0 Å². The van der Waals surface area contributed by atoms with Crippen molar-refractivity contribution in [1.82, 2.24) is 10.3 Å². The molecule has 1 heterocycles. The van der Waals surface area contributed by atoms with Gasteiger partial charge in [-0.2, -0.15) is 0 Å². The molecule has 0 atom stereocenters. The average Bonchev–Trinajstić information content (AvgIpc) is 2.40. The van der Waals surface area contributed by atoms with Crippen LogP contribution in [0, 0.1) is 0 Å². The molecule has 1 aromatic heterocycles. The van der Waals surface area contributed by atoms with Gasteiger partial charge in [0.25, 0.3) is 5.91 Å². The number of methoxy groups -OCH3 is 1. The summed E-state index contributed by atoms with van der Waals surface area (Å²) in [5, 5.41) is 2.95. The Balaban J connectivity index is 2.26. The number of rotatable bonds is 8. The predicted molar refractivity (Wildman–Crippen MR) is 76.6 cm³/mol. The smallest absolute Gasteiger partial charge is 0.254 e. The van der Waals surface area contributed by atoms with Crippen molar-refractivity contribution in [3.8, 4) is 0 Å². The minimum absolute atomic E-state index is 0.192. The van der Waals surface area contributed by atoms with Crippen LogP contribution in [0.1, 0.15) is 16.8 Å². The molecule has 1 amide bonds. The second-order valence-corrected chi connectivity index (χ2v) is 4.98. The van der Waals surface area contributed by atoms with Crippen molar-refractivity contribution in [2.24, 2.45) is 0 Å². The van der Waals surface area contributed by atoms with Crippen LogP contribution in [-0.2, 0) is 9.47 Å². The van der Waals surface area contributed by atoms with Gasteiger partial charge in [0, 0.05) is 30.9 Å². The van der Waals surface area contributed by atoms with Gasteiger partial charge in [0.1, 0.15) is 5.15 Å². The van der Waals surface area contributed by atoms with E-state index in [-0.39, 0.29) is 11.1 Å². The number of hydrogen-bond donors (Lipinski definition) is 1. The standard InChI is InChI=1S/C12H16BrClN2O3/c1-18-5-6-19-4-2-3-15-12(17)10-7-9(13)8-16-11(10)14/h7-8H,2-6H2,1H3,(H,15,17). The minimum Gasteiger partial charge on any atom is -0.382 e. The average molecular weight is 352 g/mol. The van der Waals surface area contributed by atoms with Gasteiger partial charge in [-0.3, -0.25) is 4.79 Å². The van der Waals surface area contributed by atoms with Crippen molar-refractivity contribution in [2.45, 2.75) is 6.42 Å². The number of halogens is 2. The lowest BCUT2D eigenvalue weighted by molar-refractivity contribution is 0.0688. The van der Waals surface area contributed by atoms with Crippen molar-refractivity contribution < 1.29 is 14.3 Å². The molecule has 0 saturated carbocycles. The van der Waals surface area contributed by atoms with Crippen LogP contribution < -0.4 is 5.32 Å². The molecule has 106 valence electrons. The Labute approximate surface area is 125 Å². The number of carbonyl (C=O) groups excluding carboxylic acids is 1. The van der Waals surface area contributed by atoms with Crippen LogP contribution in [0.25, 0.3) is 0 Å². The van der Waals surface area contributed by atoms with Crippen molar-refractivity contribution in [2.75, 3.05) is 33.5 Å². The Morgan fingerprint density at radius 2 is 2.26 bits per heavy atom. The van der Waals surface area contributed by atoms with Crippen LogP contribution in [0.15, 0.2) is 16.7 Å². The monoisotopic (exact) mass is 350 g/mol. The van der Waals surface area contributed by atoms with E-state index in [1.54, 1.807) is 19.4 Å². The van der Waals surface area contributed by atoms with Crippen molar-refractivity contribution >= 4 is 33.4 Å². The first-order valence-corrected chi connectivity index (χ1v) is 6.98. The highest BCUT2D eigenvalue weighted by Gasteiger charge is 2.11. The topological polar surface area (TPSA) is 60.5 Å². The summed E-state index contributed by atoms with van der Waals surface area (Å²) >= 11 is 9.11. The van der Waals surface area contributed by atoms with E-state index in [9.17, 15) is 4.79 Å². The molecule has 7 heteroatoms. The summed E-state index contributed by atoms with van der Waals surface area (Å²) < 4.78 is 10.8. The van der Waals surface area contributed by atoms with E-state index in [0.717, 1.165) is 6.42 Å². The highest BCUT2D eigenvalue weighted by Crippen LogP contribution is 2.17. The maximum atomic E-state index is 11.8. The van der Waals surface area contributed by atoms with Gasteiger partial charge in [-0.15, -0.1) is 0 Å². The fraction of sp³-hybridized carbons (Fsp3) is 0.500. The largest absolute Gasteiger partial charge is 0.382 e. The van der Waals surface area contributed by atoms with E-state index in [0.29, 0.717) is 36.4 Å². The minimum atomic E-state index is -0.240. The Morgan fingerprint density at radius 1 is 1.47 bits per heavy atom. The van der Waals surface area contributed by atoms with Gasteiger partial charge >= 0.3 is 0 Å². The molecule has 0 aromatic carbocycles. The third-order valence-corrected chi connectivity index (χ3v) is 2.97. The summed E-state index contributed by atoms with van der Waals surface area (Å²) in [5.41, 5.74) is 0.358.